The second-order valence-corrected chi connectivity index (χ2v) is 8.56. The largest absolute Gasteiger partial charge is 0.322 e. The van der Waals surface area contributed by atoms with Crippen LogP contribution in [-0.2, 0) is 10.0 Å². The Morgan fingerprint density at radius 3 is 2.10 bits per heavy atom. The summed E-state index contributed by atoms with van der Waals surface area (Å²) in [5.74, 6) is -1.25. The van der Waals surface area contributed by atoms with Gasteiger partial charge in [-0.3, -0.25) is 24.0 Å². The third kappa shape index (κ3) is 3.90. The molecule has 0 fully saturated rings. The maximum atomic E-state index is 12.5. The van der Waals surface area contributed by atoms with Crippen molar-refractivity contribution in [1.29, 1.82) is 0 Å². The lowest BCUT2D eigenvalue weighted by atomic mass is 10.1. The van der Waals surface area contributed by atoms with Gasteiger partial charge >= 0.3 is 0 Å². The van der Waals surface area contributed by atoms with E-state index in [2.05, 4.69) is 10.0 Å². The minimum atomic E-state index is -3.73. The highest BCUT2D eigenvalue weighted by molar-refractivity contribution is 7.92. The average molecular weight is 435 g/mol. The SMILES string of the molecule is CN1C(=O)c2ccc(NC(=O)c3ccc(NS(=O)(=O)c4ccccc4)cc3)cc2C1=O. The molecule has 0 aromatic heterocycles. The molecule has 3 amide bonds. The number of benzene rings is 3. The van der Waals surface area contributed by atoms with Crippen LogP contribution in [-0.4, -0.2) is 38.1 Å². The molecule has 0 bridgehead atoms. The first-order chi connectivity index (χ1) is 14.8. The first-order valence-electron chi connectivity index (χ1n) is 9.22. The molecule has 1 aliphatic heterocycles. The van der Waals surface area contributed by atoms with Crippen LogP contribution < -0.4 is 10.0 Å². The van der Waals surface area contributed by atoms with Crippen molar-refractivity contribution in [1.82, 2.24) is 4.90 Å². The minimum absolute atomic E-state index is 0.132. The molecule has 156 valence electrons. The molecule has 1 heterocycles. The fourth-order valence-electron chi connectivity index (χ4n) is 3.15. The number of hydrogen-bond acceptors (Lipinski definition) is 5. The van der Waals surface area contributed by atoms with Crippen molar-refractivity contribution in [2.75, 3.05) is 17.1 Å². The molecule has 0 atom stereocenters. The summed E-state index contributed by atoms with van der Waals surface area (Å²) in [6, 6.07) is 18.4. The highest BCUT2D eigenvalue weighted by Crippen LogP contribution is 2.25. The number of nitrogens with one attached hydrogen (secondary N) is 2. The van der Waals surface area contributed by atoms with E-state index in [0.29, 0.717) is 22.5 Å². The quantitative estimate of drug-likeness (QED) is 0.599. The van der Waals surface area contributed by atoms with Gasteiger partial charge in [0.1, 0.15) is 0 Å². The average Bonchev–Trinajstić information content (AvgIpc) is 2.98. The second-order valence-electron chi connectivity index (χ2n) is 6.88. The maximum absolute atomic E-state index is 12.5. The Labute approximate surface area is 178 Å². The molecule has 0 spiro atoms. The van der Waals surface area contributed by atoms with E-state index < -0.39 is 21.8 Å². The van der Waals surface area contributed by atoms with Crippen molar-refractivity contribution in [3.63, 3.8) is 0 Å². The molecule has 0 aliphatic carbocycles. The number of fused-ring (bicyclic) bond motifs is 1. The van der Waals surface area contributed by atoms with Gasteiger partial charge in [-0.25, -0.2) is 8.42 Å². The van der Waals surface area contributed by atoms with Gasteiger partial charge in [0.05, 0.1) is 16.0 Å². The number of carbonyl (C=O) groups is 3. The number of carbonyl (C=O) groups excluding carboxylic acids is 3. The van der Waals surface area contributed by atoms with E-state index in [1.807, 2.05) is 0 Å². The highest BCUT2D eigenvalue weighted by Gasteiger charge is 2.32. The van der Waals surface area contributed by atoms with Crippen LogP contribution in [0.1, 0.15) is 31.1 Å². The first-order valence-corrected chi connectivity index (χ1v) is 10.7. The van der Waals surface area contributed by atoms with E-state index in [0.717, 1.165) is 4.90 Å². The molecule has 0 unspecified atom stereocenters. The zero-order chi connectivity index (χ0) is 22.2. The smallest absolute Gasteiger partial charge is 0.261 e. The molecule has 0 saturated heterocycles. The van der Waals surface area contributed by atoms with Crippen LogP contribution in [0.4, 0.5) is 11.4 Å². The number of imide groups is 1. The zero-order valence-electron chi connectivity index (χ0n) is 16.3. The summed E-state index contributed by atoms with van der Waals surface area (Å²) < 4.78 is 27.2. The summed E-state index contributed by atoms with van der Waals surface area (Å²) in [5, 5.41) is 2.67. The third-order valence-corrected chi connectivity index (χ3v) is 6.20. The number of hydrogen-bond donors (Lipinski definition) is 2. The van der Waals surface area contributed by atoms with Crippen molar-refractivity contribution in [3.05, 3.63) is 89.5 Å². The summed E-state index contributed by atoms with van der Waals surface area (Å²) in [5.41, 5.74) is 1.50. The maximum Gasteiger partial charge on any atom is 0.261 e. The van der Waals surface area contributed by atoms with Gasteiger partial charge in [0.25, 0.3) is 27.7 Å². The Balaban J connectivity index is 1.47. The summed E-state index contributed by atoms with van der Waals surface area (Å²) in [6.45, 7) is 0. The van der Waals surface area contributed by atoms with Crippen molar-refractivity contribution < 1.29 is 22.8 Å². The third-order valence-electron chi connectivity index (χ3n) is 4.80. The van der Waals surface area contributed by atoms with Gasteiger partial charge in [0, 0.05) is 24.0 Å². The molecular weight excluding hydrogens is 418 g/mol. The van der Waals surface area contributed by atoms with Crippen molar-refractivity contribution in [3.8, 4) is 0 Å². The molecular formula is C22H17N3O5S. The van der Waals surface area contributed by atoms with Crippen LogP contribution in [0, 0.1) is 0 Å². The topological polar surface area (TPSA) is 113 Å². The van der Waals surface area contributed by atoms with E-state index in [9.17, 15) is 22.8 Å². The molecule has 0 radical (unpaired) electrons. The van der Waals surface area contributed by atoms with Gasteiger partial charge in [-0.15, -0.1) is 0 Å². The summed E-state index contributed by atoms with van der Waals surface area (Å²) >= 11 is 0. The van der Waals surface area contributed by atoms with Gasteiger partial charge in [0.15, 0.2) is 0 Å². The van der Waals surface area contributed by atoms with Gasteiger partial charge in [0.2, 0.25) is 0 Å². The Morgan fingerprint density at radius 2 is 1.42 bits per heavy atom. The monoisotopic (exact) mass is 435 g/mol. The molecule has 9 heteroatoms. The molecule has 4 rings (SSSR count). The van der Waals surface area contributed by atoms with Crippen LogP contribution in [0.3, 0.4) is 0 Å². The fourth-order valence-corrected chi connectivity index (χ4v) is 4.23. The summed E-state index contributed by atoms with van der Waals surface area (Å²) in [7, 11) is -2.33. The second kappa shape index (κ2) is 7.69. The Kier molecular flexibility index (Phi) is 5.04. The van der Waals surface area contributed by atoms with Crippen molar-refractivity contribution >= 4 is 39.1 Å². The van der Waals surface area contributed by atoms with Crippen LogP contribution >= 0.6 is 0 Å². The number of rotatable bonds is 5. The molecule has 1 aliphatic rings. The van der Waals surface area contributed by atoms with E-state index in [1.54, 1.807) is 24.3 Å². The van der Waals surface area contributed by atoms with Gasteiger partial charge in [-0.2, -0.15) is 0 Å². The molecule has 31 heavy (non-hydrogen) atoms. The number of nitrogens with zero attached hydrogens (tertiary/aromatic N) is 1. The van der Waals surface area contributed by atoms with E-state index in [-0.39, 0.29) is 16.4 Å². The number of amides is 3. The van der Waals surface area contributed by atoms with Crippen LogP contribution in [0.25, 0.3) is 0 Å². The summed E-state index contributed by atoms with van der Waals surface area (Å²) in [4.78, 5) is 37.7. The van der Waals surface area contributed by atoms with Crippen LogP contribution in [0.5, 0.6) is 0 Å². The Bertz CT molecular complexity index is 1300. The Morgan fingerprint density at radius 1 is 0.806 bits per heavy atom. The molecule has 3 aromatic carbocycles. The number of sulfonamides is 1. The van der Waals surface area contributed by atoms with Crippen molar-refractivity contribution in [2.45, 2.75) is 4.90 Å². The van der Waals surface area contributed by atoms with Crippen molar-refractivity contribution in [2.24, 2.45) is 0 Å². The zero-order valence-corrected chi connectivity index (χ0v) is 17.1. The minimum Gasteiger partial charge on any atom is -0.322 e. The fraction of sp³-hybridized carbons (Fsp3) is 0.0455. The number of anilines is 2. The van der Waals surface area contributed by atoms with E-state index in [4.69, 9.17) is 0 Å². The lowest BCUT2D eigenvalue weighted by Gasteiger charge is -2.09. The van der Waals surface area contributed by atoms with Gasteiger partial charge in [-0.05, 0) is 54.6 Å². The normalized spacial score (nSPS) is 13.1. The Hall–Kier alpha value is -3.98. The predicted molar refractivity (Wildman–Crippen MR) is 115 cm³/mol. The summed E-state index contributed by atoms with van der Waals surface area (Å²) in [6.07, 6.45) is 0. The lowest BCUT2D eigenvalue weighted by Crippen LogP contribution is -2.24. The van der Waals surface area contributed by atoms with Gasteiger partial charge < -0.3 is 5.32 Å². The van der Waals surface area contributed by atoms with Gasteiger partial charge in [-0.1, -0.05) is 18.2 Å². The molecule has 0 saturated carbocycles. The molecule has 8 nitrogen and oxygen atoms in total. The van der Waals surface area contributed by atoms with Crippen LogP contribution in [0.2, 0.25) is 0 Å². The first kappa shape index (κ1) is 20.3. The highest BCUT2D eigenvalue weighted by atomic mass is 32.2. The van der Waals surface area contributed by atoms with E-state index in [1.165, 1.54) is 55.6 Å². The predicted octanol–water partition coefficient (Wildman–Crippen LogP) is 2.97. The standard InChI is InChI=1S/C22H17N3O5S/c1-25-21(27)18-12-11-16(13-19(18)22(25)28)23-20(26)14-7-9-15(10-8-14)24-31(29,30)17-5-3-2-4-6-17/h2-13,24H,1H3,(H,23,26). The van der Waals surface area contributed by atoms with Crippen LogP contribution in [0.15, 0.2) is 77.7 Å². The van der Waals surface area contributed by atoms with E-state index >= 15 is 0 Å². The molecule has 2 N–H and O–H groups in total. The molecule has 3 aromatic rings. The lowest BCUT2D eigenvalue weighted by molar-refractivity contribution is 0.0692.